The van der Waals surface area contributed by atoms with Gasteiger partial charge in [-0.15, -0.1) is 0 Å². The zero-order chi connectivity index (χ0) is 21.9. The van der Waals surface area contributed by atoms with Crippen molar-refractivity contribution < 1.29 is 4.79 Å². The van der Waals surface area contributed by atoms with Gasteiger partial charge in [0.05, 0.1) is 17.3 Å². The van der Waals surface area contributed by atoms with Crippen LogP contribution >= 0.6 is 23.5 Å². The van der Waals surface area contributed by atoms with Crippen molar-refractivity contribution >= 4 is 40.3 Å². The van der Waals surface area contributed by atoms with Crippen LogP contribution in [-0.2, 0) is 17.8 Å². The summed E-state index contributed by atoms with van der Waals surface area (Å²) in [6, 6.07) is 28.7. The van der Waals surface area contributed by atoms with E-state index < -0.39 is 0 Å². The van der Waals surface area contributed by atoms with Gasteiger partial charge >= 0.3 is 0 Å². The van der Waals surface area contributed by atoms with Gasteiger partial charge < -0.3 is 4.90 Å². The van der Waals surface area contributed by atoms with Gasteiger partial charge in [0, 0.05) is 18.5 Å². The molecule has 1 amide bonds. The van der Waals surface area contributed by atoms with Crippen molar-refractivity contribution in [1.82, 2.24) is 4.90 Å². The average Bonchev–Trinajstić information content (AvgIpc) is 3.34. The minimum absolute atomic E-state index is 0.0416. The van der Waals surface area contributed by atoms with E-state index in [1.54, 1.807) is 11.8 Å². The molecule has 0 N–H and O–H groups in total. The summed E-state index contributed by atoms with van der Waals surface area (Å²) in [5.41, 5.74) is 3.49. The van der Waals surface area contributed by atoms with E-state index in [1.165, 1.54) is 22.2 Å². The fraction of sp³-hybridized carbons (Fsp3) is 0.154. The molecule has 0 unspecified atom stereocenters. The zero-order valence-electron chi connectivity index (χ0n) is 17.8. The first-order valence-corrected chi connectivity index (χ1v) is 12.2. The minimum Gasteiger partial charge on any atom is -0.337 e. The number of carbonyl (C=O) groups excluding carboxylic acids is 1. The molecule has 0 bridgehead atoms. The lowest BCUT2D eigenvalue weighted by atomic mass is 10.1. The first-order chi connectivity index (χ1) is 15.7. The largest absolute Gasteiger partial charge is 0.337 e. The van der Waals surface area contributed by atoms with E-state index in [1.807, 2.05) is 60.5 Å². The number of amides is 1. The predicted octanol–water partition coefficient (Wildman–Crippen LogP) is 5.77. The van der Waals surface area contributed by atoms with Crippen molar-refractivity contribution in [3.63, 3.8) is 0 Å². The number of hydrogen-bond acceptors (Lipinski definition) is 5. The molecule has 0 aromatic heterocycles. The number of para-hydroxylation sites is 1. The second-order valence-electron chi connectivity index (χ2n) is 7.64. The normalized spacial score (nSPS) is 19.2. The molecule has 160 valence electrons. The molecule has 2 aliphatic rings. The lowest BCUT2D eigenvalue weighted by Crippen LogP contribution is -2.32. The quantitative estimate of drug-likeness (QED) is 0.456. The lowest BCUT2D eigenvalue weighted by molar-refractivity contribution is -0.122. The van der Waals surface area contributed by atoms with Crippen LogP contribution in [0.1, 0.15) is 11.1 Å². The molecule has 6 heteroatoms. The van der Waals surface area contributed by atoms with Gasteiger partial charge in [-0.1, -0.05) is 84.6 Å². The molecule has 4 nitrogen and oxygen atoms in total. The van der Waals surface area contributed by atoms with Gasteiger partial charge in [-0.2, -0.15) is 0 Å². The summed E-state index contributed by atoms with van der Waals surface area (Å²) in [4.78, 5) is 24.3. The minimum atomic E-state index is 0.0416. The van der Waals surface area contributed by atoms with Gasteiger partial charge in [0.1, 0.15) is 4.91 Å². The van der Waals surface area contributed by atoms with Gasteiger partial charge in [-0.3, -0.25) is 14.7 Å². The summed E-state index contributed by atoms with van der Waals surface area (Å²) in [6.45, 7) is 1.17. The fourth-order valence-electron chi connectivity index (χ4n) is 3.78. The Labute approximate surface area is 197 Å². The Morgan fingerprint density at radius 1 is 0.812 bits per heavy atom. The second kappa shape index (κ2) is 9.27. The maximum atomic E-state index is 13.6. The highest BCUT2D eigenvalue weighted by atomic mass is 32.2. The molecule has 2 aliphatic heterocycles. The Morgan fingerprint density at radius 2 is 1.47 bits per heavy atom. The summed E-state index contributed by atoms with van der Waals surface area (Å²) in [7, 11) is 2.03. The van der Waals surface area contributed by atoms with E-state index >= 15 is 0 Å². The van der Waals surface area contributed by atoms with Crippen molar-refractivity contribution in [3.8, 4) is 0 Å². The highest BCUT2D eigenvalue weighted by Gasteiger charge is 2.38. The monoisotopic (exact) mass is 457 g/mol. The summed E-state index contributed by atoms with van der Waals surface area (Å²) >= 11 is 3.16. The van der Waals surface area contributed by atoms with Gasteiger partial charge in [0.25, 0.3) is 5.91 Å². The third-order valence-corrected chi connectivity index (χ3v) is 7.97. The molecule has 0 aliphatic carbocycles. The van der Waals surface area contributed by atoms with Crippen LogP contribution < -0.4 is 4.90 Å². The Balaban J connectivity index is 1.44. The second-order valence-corrected chi connectivity index (χ2v) is 9.65. The van der Waals surface area contributed by atoms with Crippen LogP contribution in [0, 0.1) is 0 Å². The van der Waals surface area contributed by atoms with Crippen LogP contribution in [0.4, 0.5) is 5.69 Å². The number of benzene rings is 3. The molecule has 2 heterocycles. The molecule has 3 aromatic rings. The number of carbonyl (C=O) groups is 1. The standard InChI is InChI=1S/C26H23N3OS2/c1-28-21-14-8-9-15-22(21)31-25(28)23-24(30)29(17-16-19-10-4-2-5-11-19)26(32-23)27-18-20-12-6-3-7-13-20/h2-15H,16-18H2,1H3/b25-23-,27-26?. The molecule has 0 atom stereocenters. The summed E-state index contributed by atoms with van der Waals surface area (Å²) < 4.78 is 0. The van der Waals surface area contributed by atoms with Crippen molar-refractivity contribution in [3.05, 3.63) is 106 Å². The Morgan fingerprint density at radius 3 is 2.19 bits per heavy atom. The highest BCUT2D eigenvalue weighted by Crippen LogP contribution is 2.49. The van der Waals surface area contributed by atoms with E-state index in [2.05, 4.69) is 41.3 Å². The predicted molar refractivity (Wildman–Crippen MR) is 135 cm³/mol. The molecular weight excluding hydrogens is 434 g/mol. The summed E-state index contributed by atoms with van der Waals surface area (Å²) in [5.74, 6) is 0.0416. The van der Waals surface area contributed by atoms with E-state index in [4.69, 9.17) is 4.99 Å². The van der Waals surface area contributed by atoms with Crippen molar-refractivity contribution in [2.75, 3.05) is 18.5 Å². The van der Waals surface area contributed by atoms with Gasteiger partial charge in [0.2, 0.25) is 0 Å². The first-order valence-electron chi connectivity index (χ1n) is 10.6. The van der Waals surface area contributed by atoms with Gasteiger partial charge in [-0.25, -0.2) is 0 Å². The summed E-state index contributed by atoms with van der Waals surface area (Å²) in [5, 5.41) is 1.76. The van der Waals surface area contributed by atoms with Gasteiger partial charge in [-0.05, 0) is 41.4 Å². The number of amidine groups is 1. The van der Waals surface area contributed by atoms with Gasteiger partial charge in [0.15, 0.2) is 5.17 Å². The number of hydrogen-bond donors (Lipinski definition) is 0. The van der Waals surface area contributed by atoms with Crippen LogP contribution in [0.5, 0.6) is 0 Å². The number of fused-ring (bicyclic) bond motifs is 1. The average molecular weight is 458 g/mol. The van der Waals surface area contributed by atoms with Crippen LogP contribution in [0.3, 0.4) is 0 Å². The first kappa shape index (κ1) is 20.9. The van der Waals surface area contributed by atoms with Crippen LogP contribution in [-0.4, -0.2) is 29.6 Å². The molecule has 0 radical (unpaired) electrons. The number of rotatable bonds is 5. The topological polar surface area (TPSA) is 35.9 Å². The zero-order valence-corrected chi connectivity index (χ0v) is 19.4. The molecule has 0 spiro atoms. The fourth-order valence-corrected chi connectivity index (χ4v) is 6.13. The van der Waals surface area contributed by atoms with Crippen molar-refractivity contribution in [2.45, 2.75) is 17.9 Å². The maximum Gasteiger partial charge on any atom is 0.269 e. The van der Waals surface area contributed by atoms with E-state index in [0.717, 1.165) is 32.8 Å². The smallest absolute Gasteiger partial charge is 0.269 e. The molecule has 32 heavy (non-hydrogen) atoms. The third-order valence-electron chi connectivity index (χ3n) is 5.50. The van der Waals surface area contributed by atoms with Crippen molar-refractivity contribution in [2.24, 2.45) is 4.99 Å². The molecule has 5 rings (SSSR count). The number of thioether (sulfide) groups is 2. The molecule has 1 fully saturated rings. The molecular formula is C26H23N3OS2. The Kier molecular flexibility index (Phi) is 6.06. The van der Waals surface area contributed by atoms with Crippen LogP contribution in [0.15, 0.2) is 105 Å². The van der Waals surface area contributed by atoms with E-state index in [9.17, 15) is 4.79 Å². The number of anilines is 1. The SMILES string of the molecule is CN1/C(=C2/SC(=NCc3ccccc3)N(CCc3ccccc3)C2=O)Sc2ccccc21. The van der Waals surface area contributed by atoms with E-state index in [-0.39, 0.29) is 5.91 Å². The van der Waals surface area contributed by atoms with Crippen LogP contribution in [0.2, 0.25) is 0 Å². The van der Waals surface area contributed by atoms with E-state index in [0.29, 0.717) is 13.1 Å². The molecule has 3 aromatic carbocycles. The van der Waals surface area contributed by atoms with Crippen LogP contribution in [0.25, 0.3) is 0 Å². The highest BCUT2D eigenvalue weighted by molar-refractivity contribution is 8.19. The lowest BCUT2D eigenvalue weighted by Gasteiger charge is -2.16. The summed E-state index contributed by atoms with van der Waals surface area (Å²) in [6.07, 6.45) is 0.795. The molecule has 0 saturated carbocycles. The molecule has 1 saturated heterocycles. The Bertz CT molecular complexity index is 1190. The van der Waals surface area contributed by atoms with Crippen molar-refractivity contribution in [1.29, 1.82) is 0 Å². The number of aliphatic imine (C=N–C) groups is 1. The maximum absolute atomic E-state index is 13.6. The third kappa shape index (κ3) is 4.20. The number of nitrogens with zero attached hydrogens (tertiary/aromatic N) is 3. The Hall–Kier alpha value is -2.96.